The molecule has 0 bridgehead atoms. The lowest BCUT2D eigenvalue weighted by Gasteiger charge is -2.27. The molecule has 2 aromatic rings. The van der Waals surface area contributed by atoms with Gasteiger partial charge in [-0.05, 0) is 48.4 Å². The Morgan fingerprint density at radius 3 is 1.97 bits per heavy atom. The van der Waals surface area contributed by atoms with E-state index < -0.39 is 0 Å². The van der Waals surface area contributed by atoms with Crippen LogP contribution in [0.25, 0.3) is 0 Å². The molecule has 3 N–H and O–H groups in total. The van der Waals surface area contributed by atoms with Gasteiger partial charge >= 0.3 is 12.1 Å². The van der Waals surface area contributed by atoms with Gasteiger partial charge in [0.05, 0.1) is 6.54 Å². The number of amides is 1. The van der Waals surface area contributed by atoms with Crippen molar-refractivity contribution in [3.05, 3.63) is 59.7 Å². The summed E-state index contributed by atoms with van der Waals surface area (Å²) in [7, 11) is 0. The summed E-state index contributed by atoms with van der Waals surface area (Å²) < 4.78 is 11.0. The first-order chi connectivity index (χ1) is 16.9. The zero-order valence-corrected chi connectivity index (χ0v) is 21.1. The molecule has 0 radical (unpaired) electrons. The number of nitrogens with one attached hydrogen (secondary N) is 3. The Labute approximate surface area is 208 Å². The summed E-state index contributed by atoms with van der Waals surface area (Å²) in [6.07, 6.45) is 0.777. The average Bonchev–Trinajstić information content (AvgIpc) is 2.87. The van der Waals surface area contributed by atoms with Crippen LogP contribution in [0.5, 0.6) is 11.5 Å². The molecule has 8 heteroatoms. The first-order valence-corrected chi connectivity index (χ1v) is 12.4. The Morgan fingerprint density at radius 2 is 1.40 bits per heavy atom. The topological polar surface area (TPSA) is 91.9 Å². The molecule has 35 heavy (non-hydrogen) atoms. The second-order valence-corrected chi connectivity index (χ2v) is 9.18. The standard InChI is InChI=1S/C27H38N4O4/c1-4-13-28-14-15-30-20-25(32)34-23-9-5-21(6-10-23)27(2,3)22-7-11-24(12-8-22)35-26(33)31-18-16-29-17-19-31/h5-12,28-30H,4,13-20H2,1-3H3. The summed E-state index contributed by atoms with van der Waals surface area (Å²) in [5.74, 6) is 0.749. The highest BCUT2D eigenvalue weighted by Crippen LogP contribution is 2.33. The molecule has 0 spiro atoms. The first-order valence-electron chi connectivity index (χ1n) is 12.4. The number of piperazine rings is 1. The van der Waals surface area contributed by atoms with Crippen LogP contribution in [0.15, 0.2) is 48.5 Å². The van der Waals surface area contributed by atoms with Crippen molar-refractivity contribution >= 4 is 12.1 Å². The number of ether oxygens (including phenoxy) is 2. The predicted octanol–water partition coefficient (Wildman–Crippen LogP) is 2.91. The van der Waals surface area contributed by atoms with E-state index >= 15 is 0 Å². The van der Waals surface area contributed by atoms with Crippen LogP contribution in [-0.4, -0.2) is 69.3 Å². The summed E-state index contributed by atoms with van der Waals surface area (Å²) >= 11 is 0. The van der Waals surface area contributed by atoms with E-state index in [2.05, 4.69) is 36.7 Å². The van der Waals surface area contributed by atoms with Crippen molar-refractivity contribution in [2.24, 2.45) is 0 Å². The van der Waals surface area contributed by atoms with Gasteiger partial charge in [-0.15, -0.1) is 0 Å². The Balaban J connectivity index is 1.51. The predicted molar refractivity (Wildman–Crippen MR) is 137 cm³/mol. The number of hydrogen-bond acceptors (Lipinski definition) is 7. The van der Waals surface area contributed by atoms with Crippen LogP contribution in [0.2, 0.25) is 0 Å². The Morgan fingerprint density at radius 1 is 0.857 bits per heavy atom. The fraction of sp³-hybridized carbons (Fsp3) is 0.481. The second-order valence-electron chi connectivity index (χ2n) is 9.18. The molecule has 1 amide bonds. The fourth-order valence-electron chi connectivity index (χ4n) is 3.90. The van der Waals surface area contributed by atoms with E-state index in [4.69, 9.17) is 9.47 Å². The van der Waals surface area contributed by atoms with Crippen LogP contribution >= 0.6 is 0 Å². The molecular formula is C27H38N4O4. The molecule has 0 unspecified atom stereocenters. The number of benzene rings is 2. The van der Waals surface area contributed by atoms with Gasteiger partial charge in [-0.25, -0.2) is 4.79 Å². The zero-order valence-electron chi connectivity index (χ0n) is 21.1. The molecule has 8 nitrogen and oxygen atoms in total. The third-order valence-corrected chi connectivity index (χ3v) is 6.14. The highest BCUT2D eigenvalue weighted by Gasteiger charge is 2.24. The number of carbonyl (C=O) groups is 2. The van der Waals surface area contributed by atoms with E-state index in [0.29, 0.717) is 24.6 Å². The minimum absolute atomic E-state index is 0.173. The van der Waals surface area contributed by atoms with Crippen LogP contribution in [0, 0.1) is 0 Å². The van der Waals surface area contributed by atoms with Gasteiger partial charge in [0.15, 0.2) is 0 Å². The van der Waals surface area contributed by atoms with Crippen molar-refractivity contribution in [3.63, 3.8) is 0 Å². The van der Waals surface area contributed by atoms with Crippen LogP contribution in [-0.2, 0) is 10.2 Å². The fourth-order valence-corrected chi connectivity index (χ4v) is 3.90. The van der Waals surface area contributed by atoms with Crippen molar-refractivity contribution in [1.29, 1.82) is 0 Å². The monoisotopic (exact) mass is 482 g/mol. The Hall–Kier alpha value is -2.94. The molecule has 0 atom stereocenters. The highest BCUT2D eigenvalue weighted by atomic mass is 16.6. The molecule has 2 aromatic carbocycles. The Kier molecular flexibility index (Phi) is 10.1. The van der Waals surface area contributed by atoms with Crippen molar-refractivity contribution in [2.45, 2.75) is 32.6 Å². The number of hydrogen-bond donors (Lipinski definition) is 3. The third kappa shape index (κ3) is 8.06. The highest BCUT2D eigenvalue weighted by molar-refractivity contribution is 5.74. The van der Waals surface area contributed by atoms with Crippen molar-refractivity contribution < 1.29 is 19.1 Å². The summed E-state index contributed by atoms with van der Waals surface area (Å²) in [6, 6.07) is 15.2. The van der Waals surface area contributed by atoms with E-state index in [1.165, 1.54) is 0 Å². The van der Waals surface area contributed by atoms with Gasteiger partial charge in [-0.2, -0.15) is 0 Å². The summed E-state index contributed by atoms with van der Waals surface area (Å²) in [5.41, 5.74) is 1.89. The van der Waals surface area contributed by atoms with Gasteiger partial charge in [-0.3, -0.25) is 4.79 Å². The second kappa shape index (κ2) is 13.2. The molecule has 0 saturated carbocycles. The molecule has 1 heterocycles. The van der Waals surface area contributed by atoms with Gasteiger partial charge in [0.2, 0.25) is 0 Å². The van der Waals surface area contributed by atoms with Crippen molar-refractivity contribution in [3.8, 4) is 11.5 Å². The molecule has 1 aliphatic heterocycles. The van der Waals surface area contributed by atoms with Gasteiger partial charge in [0.1, 0.15) is 11.5 Å². The first kappa shape index (κ1) is 26.7. The third-order valence-electron chi connectivity index (χ3n) is 6.14. The summed E-state index contributed by atoms with van der Waals surface area (Å²) in [5, 5.41) is 9.58. The van der Waals surface area contributed by atoms with Gasteiger partial charge in [0, 0.05) is 44.7 Å². The molecule has 1 fully saturated rings. The lowest BCUT2D eigenvalue weighted by Crippen LogP contribution is -2.47. The molecule has 190 valence electrons. The molecule has 0 aliphatic carbocycles. The molecule has 0 aromatic heterocycles. The SMILES string of the molecule is CCCNCCNCC(=O)Oc1ccc(C(C)(C)c2ccc(OC(=O)N3CCNCC3)cc2)cc1. The van der Waals surface area contributed by atoms with Gasteiger partial charge < -0.3 is 30.3 Å². The largest absolute Gasteiger partial charge is 0.426 e. The maximum absolute atomic E-state index is 12.3. The van der Waals surface area contributed by atoms with Gasteiger partial charge in [0.25, 0.3) is 0 Å². The van der Waals surface area contributed by atoms with E-state index in [-0.39, 0.29) is 24.0 Å². The maximum Gasteiger partial charge on any atom is 0.415 e. The smallest absolute Gasteiger partial charge is 0.415 e. The molecule has 1 saturated heterocycles. The molecule has 3 rings (SSSR count). The summed E-state index contributed by atoms with van der Waals surface area (Å²) in [4.78, 5) is 26.1. The number of carbonyl (C=O) groups excluding carboxylic acids is 2. The van der Waals surface area contributed by atoms with Crippen LogP contribution in [0.3, 0.4) is 0 Å². The Bertz CT molecular complexity index is 939. The van der Waals surface area contributed by atoms with Crippen LogP contribution < -0.4 is 25.4 Å². The number of rotatable bonds is 11. The van der Waals surface area contributed by atoms with Crippen LogP contribution in [0.4, 0.5) is 4.79 Å². The van der Waals surface area contributed by atoms with E-state index in [1.54, 1.807) is 4.90 Å². The lowest BCUT2D eigenvalue weighted by molar-refractivity contribution is -0.133. The minimum atomic E-state index is -0.313. The maximum atomic E-state index is 12.3. The minimum Gasteiger partial charge on any atom is -0.426 e. The molecular weight excluding hydrogens is 444 g/mol. The quantitative estimate of drug-likeness (QED) is 0.258. The van der Waals surface area contributed by atoms with Crippen molar-refractivity contribution in [1.82, 2.24) is 20.9 Å². The van der Waals surface area contributed by atoms with Crippen molar-refractivity contribution in [2.75, 3.05) is 52.4 Å². The summed E-state index contributed by atoms with van der Waals surface area (Å²) in [6.45, 7) is 12.0. The lowest BCUT2D eigenvalue weighted by atomic mass is 9.78. The average molecular weight is 483 g/mol. The van der Waals surface area contributed by atoms with Gasteiger partial charge in [-0.1, -0.05) is 45.0 Å². The molecule has 1 aliphatic rings. The zero-order chi connectivity index (χ0) is 25.1. The number of nitrogens with zero attached hydrogens (tertiary/aromatic N) is 1. The van der Waals surface area contributed by atoms with E-state index in [1.807, 2.05) is 48.5 Å². The van der Waals surface area contributed by atoms with Crippen LogP contribution in [0.1, 0.15) is 38.3 Å². The van der Waals surface area contributed by atoms with E-state index in [9.17, 15) is 9.59 Å². The number of esters is 1. The van der Waals surface area contributed by atoms with E-state index in [0.717, 1.165) is 50.3 Å². The normalized spacial score (nSPS) is 14.0.